The number of benzene rings is 1. The van der Waals surface area contributed by atoms with E-state index < -0.39 is 23.8 Å². The van der Waals surface area contributed by atoms with Crippen molar-refractivity contribution >= 4 is 29.3 Å². The van der Waals surface area contributed by atoms with Gasteiger partial charge < -0.3 is 5.32 Å². The SMILES string of the molecule is CNc1cccc2c1C(=O)N(C1CCC(=O)N(C)C1=O)C2=O. The van der Waals surface area contributed by atoms with Crippen LogP contribution in [0.5, 0.6) is 0 Å². The minimum absolute atomic E-state index is 0.138. The van der Waals surface area contributed by atoms with Crippen LogP contribution in [0.2, 0.25) is 0 Å². The minimum Gasteiger partial charge on any atom is -0.387 e. The number of likely N-dealkylation sites (N-methyl/N-ethyl adjacent to an activating group) is 1. The molecule has 114 valence electrons. The number of piperidine rings is 1. The summed E-state index contributed by atoms with van der Waals surface area (Å²) in [5.41, 5.74) is 1.11. The molecule has 2 heterocycles. The summed E-state index contributed by atoms with van der Waals surface area (Å²) in [6.07, 6.45) is 0.307. The van der Waals surface area contributed by atoms with Crippen LogP contribution in [0.3, 0.4) is 0 Å². The van der Waals surface area contributed by atoms with Gasteiger partial charge >= 0.3 is 0 Å². The van der Waals surface area contributed by atoms with Crippen molar-refractivity contribution in [3.8, 4) is 0 Å². The minimum atomic E-state index is -0.917. The lowest BCUT2D eigenvalue weighted by Crippen LogP contribution is -2.54. The van der Waals surface area contributed by atoms with Crippen molar-refractivity contribution in [1.29, 1.82) is 0 Å². The zero-order valence-corrected chi connectivity index (χ0v) is 12.3. The number of nitrogens with one attached hydrogen (secondary N) is 1. The summed E-state index contributed by atoms with van der Waals surface area (Å²) >= 11 is 0. The topological polar surface area (TPSA) is 86.8 Å². The third kappa shape index (κ3) is 1.82. The van der Waals surface area contributed by atoms with Gasteiger partial charge in [-0.05, 0) is 18.6 Å². The highest BCUT2D eigenvalue weighted by Crippen LogP contribution is 2.32. The lowest BCUT2D eigenvalue weighted by atomic mass is 10.0. The molecule has 0 bridgehead atoms. The van der Waals surface area contributed by atoms with Crippen molar-refractivity contribution in [2.75, 3.05) is 19.4 Å². The number of rotatable bonds is 2. The number of carbonyl (C=O) groups excluding carboxylic acids is 4. The zero-order chi connectivity index (χ0) is 16.0. The molecule has 0 aromatic heterocycles. The van der Waals surface area contributed by atoms with E-state index in [2.05, 4.69) is 5.32 Å². The average molecular weight is 301 g/mol. The molecule has 1 unspecified atom stereocenters. The van der Waals surface area contributed by atoms with Crippen LogP contribution in [-0.2, 0) is 9.59 Å². The molecule has 2 aliphatic rings. The van der Waals surface area contributed by atoms with Crippen molar-refractivity contribution < 1.29 is 19.2 Å². The van der Waals surface area contributed by atoms with Gasteiger partial charge in [0, 0.05) is 26.2 Å². The summed E-state index contributed by atoms with van der Waals surface area (Å²) in [4.78, 5) is 50.9. The van der Waals surface area contributed by atoms with Crippen molar-refractivity contribution in [3.05, 3.63) is 29.3 Å². The first-order valence-electron chi connectivity index (χ1n) is 6.96. The number of fused-ring (bicyclic) bond motifs is 1. The van der Waals surface area contributed by atoms with E-state index in [1.807, 2.05) is 0 Å². The highest BCUT2D eigenvalue weighted by Gasteiger charge is 2.46. The molecular weight excluding hydrogens is 286 g/mol. The normalized spacial score (nSPS) is 21.5. The molecule has 7 heteroatoms. The Kier molecular flexibility index (Phi) is 3.20. The maximum atomic E-state index is 12.6. The fourth-order valence-electron chi connectivity index (χ4n) is 2.93. The molecule has 2 aliphatic heterocycles. The molecule has 3 rings (SSSR count). The molecule has 1 aromatic rings. The van der Waals surface area contributed by atoms with E-state index in [-0.39, 0.29) is 29.9 Å². The molecule has 0 aliphatic carbocycles. The lowest BCUT2D eigenvalue weighted by Gasteiger charge is -2.32. The van der Waals surface area contributed by atoms with Gasteiger partial charge in [-0.15, -0.1) is 0 Å². The van der Waals surface area contributed by atoms with Crippen LogP contribution in [0.4, 0.5) is 5.69 Å². The molecule has 22 heavy (non-hydrogen) atoms. The lowest BCUT2D eigenvalue weighted by molar-refractivity contribution is -0.149. The van der Waals surface area contributed by atoms with Crippen LogP contribution in [0.25, 0.3) is 0 Å². The summed E-state index contributed by atoms with van der Waals surface area (Å²) in [5.74, 6) is -1.80. The molecule has 1 aromatic carbocycles. The van der Waals surface area contributed by atoms with E-state index in [0.717, 1.165) is 9.80 Å². The third-order valence-corrected chi connectivity index (χ3v) is 4.15. The molecule has 0 radical (unpaired) electrons. The smallest absolute Gasteiger partial charge is 0.264 e. The summed E-state index contributed by atoms with van der Waals surface area (Å²) in [7, 11) is 3.03. The van der Waals surface area contributed by atoms with Gasteiger partial charge in [0.25, 0.3) is 17.7 Å². The third-order valence-electron chi connectivity index (χ3n) is 4.15. The zero-order valence-electron chi connectivity index (χ0n) is 12.3. The first-order valence-corrected chi connectivity index (χ1v) is 6.96. The quantitative estimate of drug-likeness (QED) is 0.803. The predicted octanol–water partition coefficient (Wildman–Crippen LogP) is 0.472. The number of nitrogens with zero attached hydrogens (tertiary/aromatic N) is 2. The second-order valence-electron chi connectivity index (χ2n) is 5.30. The molecular formula is C15H15N3O4. The maximum Gasteiger partial charge on any atom is 0.264 e. The predicted molar refractivity (Wildman–Crippen MR) is 77.3 cm³/mol. The Morgan fingerprint density at radius 1 is 1.14 bits per heavy atom. The van der Waals surface area contributed by atoms with Crippen molar-refractivity contribution in [2.24, 2.45) is 0 Å². The Bertz CT molecular complexity index is 713. The van der Waals surface area contributed by atoms with Gasteiger partial charge in [0.2, 0.25) is 5.91 Å². The van der Waals surface area contributed by atoms with Crippen LogP contribution in [-0.4, -0.2) is 53.6 Å². The number of anilines is 1. The summed E-state index contributed by atoms with van der Waals surface area (Å²) < 4.78 is 0. The fraction of sp³-hybridized carbons (Fsp3) is 0.333. The molecule has 4 amide bonds. The Labute approximate surface area is 126 Å². The summed E-state index contributed by atoms with van der Waals surface area (Å²) in [5, 5.41) is 2.88. The summed E-state index contributed by atoms with van der Waals surface area (Å²) in [6.45, 7) is 0. The maximum absolute atomic E-state index is 12.6. The Morgan fingerprint density at radius 3 is 2.55 bits per heavy atom. The highest BCUT2D eigenvalue weighted by atomic mass is 16.2. The largest absolute Gasteiger partial charge is 0.387 e. The monoisotopic (exact) mass is 301 g/mol. The summed E-state index contributed by atoms with van der Waals surface area (Å²) in [6, 6.07) is 4.03. The van der Waals surface area contributed by atoms with E-state index in [1.54, 1.807) is 25.2 Å². The molecule has 7 nitrogen and oxygen atoms in total. The van der Waals surface area contributed by atoms with Crippen molar-refractivity contribution in [3.63, 3.8) is 0 Å². The van der Waals surface area contributed by atoms with Crippen molar-refractivity contribution in [1.82, 2.24) is 9.80 Å². The van der Waals surface area contributed by atoms with Gasteiger partial charge in [0.15, 0.2) is 0 Å². The second kappa shape index (κ2) is 4.94. The van der Waals surface area contributed by atoms with E-state index in [9.17, 15) is 19.2 Å². The molecule has 0 saturated carbocycles. The standard InChI is InChI=1S/C15H15N3O4/c1-16-9-5-3-4-8-12(9)15(22)18(13(8)20)10-6-7-11(19)17(2)14(10)21/h3-5,10,16H,6-7H2,1-2H3. The second-order valence-corrected chi connectivity index (χ2v) is 5.30. The van der Waals surface area contributed by atoms with Crippen molar-refractivity contribution in [2.45, 2.75) is 18.9 Å². The molecule has 1 fully saturated rings. The average Bonchev–Trinajstić information content (AvgIpc) is 2.77. The molecule has 1 atom stereocenters. The number of imide groups is 2. The van der Waals surface area contributed by atoms with Gasteiger partial charge in [-0.2, -0.15) is 0 Å². The number of carbonyl (C=O) groups is 4. The van der Waals surface area contributed by atoms with Gasteiger partial charge in [0.05, 0.1) is 11.1 Å². The van der Waals surface area contributed by atoms with Gasteiger partial charge in [0.1, 0.15) is 6.04 Å². The fourth-order valence-corrected chi connectivity index (χ4v) is 2.93. The first-order chi connectivity index (χ1) is 10.5. The Balaban J connectivity index is 2.01. The van der Waals surface area contributed by atoms with Gasteiger partial charge in [-0.1, -0.05) is 6.07 Å². The van der Waals surface area contributed by atoms with Crippen LogP contribution in [0.1, 0.15) is 33.6 Å². The molecule has 0 spiro atoms. The van der Waals surface area contributed by atoms with E-state index in [4.69, 9.17) is 0 Å². The van der Waals surface area contributed by atoms with E-state index >= 15 is 0 Å². The number of amides is 4. The van der Waals surface area contributed by atoms with Gasteiger partial charge in [-0.3, -0.25) is 29.0 Å². The van der Waals surface area contributed by atoms with E-state index in [0.29, 0.717) is 5.69 Å². The molecule has 1 N–H and O–H groups in total. The number of hydrogen-bond donors (Lipinski definition) is 1. The Morgan fingerprint density at radius 2 is 1.86 bits per heavy atom. The van der Waals surface area contributed by atoms with Crippen LogP contribution in [0, 0.1) is 0 Å². The Hall–Kier alpha value is -2.70. The molecule has 1 saturated heterocycles. The van der Waals surface area contributed by atoms with Gasteiger partial charge in [-0.25, -0.2) is 0 Å². The number of hydrogen-bond acceptors (Lipinski definition) is 5. The highest BCUT2D eigenvalue weighted by molar-refractivity contribution is 6.25. The van der Waals surface area contributed by atoms with E-state index in [1.165, 1.54) is 7.05 Å². The van der Waals surface area contributed by atoms with Crippen LogP contribution < -0.4 is 5.32 Å². The number of likely N-dealkylation sites (tertiary alicyclic amines) is 1. The van der Waals surface area contributed by atoms with Crippen LogP contribution >= 0.6 is 0 Å². The first kappa shape index (κ1) is 14.2. The van der Waals surface area contributed by atoms with Crippen LogP contribution in [0.15, 0.2) is 18.2 Å².